The first-order valence-electron chi connectivity index (χ1n) is 7.98. The molecule has 120 valence electrons. The largest absolute Gasteiger partial charge is 0.471 e. The van der Waals surface area contributed by atoms with Crippen molar-refractivity contribution in [3.8, 4) is 5.88 Å². The molecule has 1 aliphatic heterocycles. The van der Waals surface area contributed by atoms with Crippen molar-refractivity contribution in [1.29, 1.82) is 0 Å². The van der Waals surface area contributed by atoms with Gasteiger partial charge in [-0.1, -0.05) is 29.8 Å². The number of ether oxygens (including phenoxy) is 1. The Morgan fingerprint density at radius 1 is 1.35 bits per heavy atom. The summed E-state index contributed by atoms with van der Waals surface area (Å²) in [5.74, 6) is 0.711. The molecule has 5 nitrogen and oxygen atoms in total. The Hall–Kier alpha value is -2.43. The van der Waals surface area contributed by atoms with Crippen LogP contribution in [0.15, 0.2) is 42.6 Å². The van der Waals surface area contributed by atoms with Crippen molar-refractivity contribution < 1.29 is 9.53 Å². The Kier molecular flexibility index (Phi) is 4.86. The normalized spacial score (nSPS) is 17.3. The van der Waals surface area contributed by atoms with Gasteiger partial charge < -0.3 is 9.64 Å². The van der Waals surface area contributed by atoms with Crippen molar-refractivity contribution in [2.75, 3.05) is 13.1 Å². The number of aromatic nitrogens is 2. The lowest BCUT2D eigenvalue weighted by molar-refractivity contribution is -0.130. The number of carbonyl (C=O) groups excluding carboxylic acids is 1. The average Bonchev–Trinajstić information content (AvgIpc) is 3.02. The predicted molar refractivity (Wildman–Crippen MR) is 87.1 cm³/mol. The lowest BCUT2D eigenvalue weighted by atomic mass is 10.1. The molecule has 0 radical (unpaired) electrons. The third-order valence-corrected chi connectivity index (χ3v) is 4.04. The molecular formula is C18H21N3O2. The van der Waals surface area contributed by atoms with Crippen LogP contribution in [0.4, 0.5) is 0 Å². The lowest BCUT2D eigenvalue weighted by Gasteiger charge is -2.17. The third-order valence-electron chi connectivity index (χ3n) is 4.04. The smallest absolute Gasteiger partial charge is 0.233 e. The topological polar surface area (TPSA) is 55.3 Å². The fourth-order valence-corrected chi connectivity index (χ4v) is 2.85. The zero-order valence-corrected chi connectivity index (χ0v) is 13.3. The van der Waals surface area contributed by atoms with Crippen LogP contribution in [0.5, 0.6) is 5.88 Å². The van der Waals surface area contributed by atoms with Crippen LogP contribution >= 0.6 is 0 Å². The number of hydrogen-bond donors (Lipinski definition) is 0. The van der Waals surface area contributed by atoms with Gasteiger partial charge in [-0.25, -0.2) is 0 Å². The van der Waals surface area contributed by atoms with Gasteiger partial charge in [0.25, 0.3) is 0 Å². The molecule has 0 bridgehead atoms. The Labute approximate surface area is 136 Å². The molecule has 1 fully saturated rings. The van der Waals surface area contributed by atoms with Crippen LogP contribution in [0.3, 0.4) is 0 Å². The summed E-state index contributed by atoms with van der Waals surface area (Å²) in [4.78, 5) is 14.2. The number of amides is 1. The van der Waals surface area contributed by atoms with Crippen LogP contribution in [-0.2, 0) is 11.2 Å². The summed E-state index contributed by atoms with van der Waals surface area (Å²) in [7, 11) is 0. The number of benzene rings is 1. The van der Waals surface area contributed by atoms with Crippen LogP contribution in [0.25, 0.3) is 0 Å². The number of rotatable bonds is 5. The van der Waals surface area contributed by atoms with E-state index in [1.165, 1.54) is 11.1 Å². The zero-order chi connectivity index (χ0) is 16.1. The molecule has 1 aromatic heterocycles. The van der Waals surface area contributed by atoms with Gasteiger partial charge in [-0.15, -0.1) is 5.10 Å². The van der Waals surface area contributed by atoms with Gasteiger partial charge in [-0.05, 0) is 25.0 Å². The van der Waals surface area contributed by atoms with E-state index in [2.05, 4.69) is 35.3 Å². The molecule has 0 spiro atoms. The van der Waals surface area contributed by atoms with Crippen molar-refractivity contribution in [1.82, 2.24) is 15.1 Å². The predicted octanol–water partition coefficient (Wildman–Crippen LogP) is 2.40. The summed E-state index contributed by atoms with van der Waals surface area (Å²) < 4.78 is 5.77. The summed E-state index contributed by atoms with van der Waals surface area (Å²) in [6, 6.07) is 11.9. The standard InChI is InChI=1S/C18H21N3O2/c1-14-4-2-5-15(12-14)7-8-18(22)21-11-9-16(13-21)23-17-6-3-10-19-20-17/h2-6,10,12,16H,7-9,11,13H2,1H3/t16-/m1/s1. The first-order valence-corrected chi connectivity index (χ1v) is 7.98. The molecule has 0 N–H and O–H groups in total. The van der Waals surface area contributed by atoms with Gasteiger partial charge in [0.1, 0.15) is 6.10 Å². The Balaban J connectivity index is 1.47. The maximum Gasteiger partial charge on any atom is 0.233 e. The molecule has 23 heavy (non-hydrogen) atoms. The molecule has 0 saturated carbocycles. The van der Waals surface area contributed by atoms with Crippen molar-refractivity contribution in [2.45, 2.75) is 32.3 Å². The van der Waals surface area contributed by atoms with E-state index in [0.717, 1.165) is 19.4 Å². The zero-order valence-electron chi connectivity index (χ0n) is 13.3. The molecule has 2 heterocycles. The SMILES string of the molecule is Cc1cccc(CCC(=O)N2CC[C@@H](Oc3cccnn3)C2)c1. The Morgan fingerprint density at radius 2 is 2.26 bits per heavy atom. The fourth-order valence-electron chi connectivity index (χ4n) is 2.85. The lowest BCUT2D eigenvalue weighted by Crippen LogP contribution is -2.31. The first kappa shape index (κ1) is 15.5. The van der Waals surface area contributed by atoms with E-state index in [1.807, 2.05) is 11.0 Å². The molecule has 1 aromatic carbocycles. The highest BCUT2D eigenvalue weighted by Gasteiger charge is 2.27. The van der Waals surface area contributed by atoms with Crippen LogP contribution in [0.2, 0.25) is 0 Å². The molecule has 2 aromatic rings. The number of likely N-dealkylation sites (tertiary alicyclic amines) is 1. The van der Waals surface area contributed by atoms with Crippen LogP contribution in [0.1, 0.15) is 24.0 Å². The minimum absolute atomic E-state index is 0.00891. The van der Waals surface area contributed by atoms with Gasteiger partial charge in [-0.2, -0.15) is 5.10 Å². The molecule has 5 heteroatoms. The highest BCUT2D eigenvalue weighted by Crippen LogP contribution is 2.17. The molecule has 3 rings (SSSR count). The van der Waals surface area contributed by atoms with Crippen molar-refractivity contribution >= 4 is 5.91 Å². The van der Waals surface area contributed by atoms with E-state index in [1.54, 1.807) is 18.3 Å². The summed E-state index contributed by atoms with van der Waals surface area (Å²) in [5.41, 5.74) is 2.44. The summed E-state index contributed by atoms with van der Waals surface area (Å²) in [6.45, 7) is 3.45. The highest BCUT2D eigenvalue weighted by atomic mass is 16.5. The summed E-state index contributed by atoms with van der Waals surface area (Å²) in [5, 5.41) is 7.72. The molecule has 0 aliphatic carbocycles. The monoisotopic (exact) mass is 311 g/mol. The van der Waals surface area contributed by atoms with Gasteiger partial charge >= 0.3 is 0 Å². The minimum Gasteiger partial charge on any atom is -0.471 e. The Bertz CT molecular complexity index is 660. The second kappa shape index (κ2) is 7.22. The van der Waals surface area contributed by atoms with E-state index < -0.39 is 0 Å². The van der Waals surface area contributed by atoms with E-state index in [-0.39, 0.29) is 12.0 Å². The number of hydrogen-bond acceptors (Lipinski definition) is 4. The maximum absolute atomic E-state index is 12.3. The van der Waals surface area contributed by atoms with Gasteiger partial charge in [0, 0.05) is 31.6 Å². The minimum atomic E-state index is 0.00891. The van der Waals surface area contributed by atoms with E-state index in [4.69, 9.17) is 4.74 Å². The highest BCUT2D eigenvalue weighted by molar-refractivity contribution is 5.76. The van der Waals surface area contributed by atoms with Crippen LogP contribution < -0.4 is 4.74 Å². The van der Waals surface area contributed by atoms with Crippen molar-refractivity contribution in [2.24, 2.45) is 0 Å². The third kappa shape index (κ3) is 4.28. The van der Waals surface area contributed by atoms with Gasteiger partial charge in [-0.3, -0.25) is 4.79 Å². The van der Waals surface area contributed by atoms with Gasteiger partial charge in [0.15, 0.2) is 0 Å². The van der Waals surface area contributed by atoms with Crippen LogP contribution in [0, 0.1) is 6.92 Å². The Morgan fingerprint density at radius 3 is 3.04 bits per heavy atom. The van der Waals surface area contributed by atoms with Crippen LogP contribution in [-0.4, -0.2) is 40.2 Å². The van der Waals surface area contributed by atoms with Gasteiger partial charge in [0.2, 0.25) is 11.8 Å². The quantitative estimate of drug-likeness (QED) is 0.851. The molecular weight excluding hydrogens is 290 g/mol. The molecule has 1 aliphatic rings. The summed E-state index contributed by atoms with van der Waals surface area (Å²) in [6.07, 6.45) is 3.79. The molecule has 1 amide bonds. The molecule has 0 unspecified atom stereocenters. The van der Waals surface area contributed by atoms with Crippen molar-refractivity contribution in [3.05, 3.63) is 53.7 Å². The first-order chi connectivity index (χ1) is 11.2. The summed E-state index contributed by atoms with van der Waals surface area (Å²) >= 11 is 0. The second-order valence-corrected chi connectivity index (χ2v) is 5.92. The van der Waals surface area contributed by atoms with Crippen molar-refractivity contribution in [3.63, 3.8) is 0 Å². The number of aryl methyl sites for hydroxylation is 2. The maximum atomic E-state index is 12.3. The van der Waals surface area contributed by atoms with E-state index in [9.17, 15) is 4.79 Å². The fraction of sp³-hybridized carbons (Fsp3) is 0.389. The average molecular weight is 311 g/mol. The molecule has 1 saturated heterocycles. The van der Waals surface area contributed by atoms with E-state index >= 15 is 0 Å². The number of carbonyl (C=O) groups is 1. The van der Waals surface area contributed by atoms with Gasteiger partial charge in [0.05, 0.1) is 6.54 Å². The van der Waals surface area contributed by atoms with E-state index in [0.29, 0.717) is 18.8 Å². The second-order valence-electron chi connectivity index (χ2n) is 5.92. The molecule has 1 atom stereocenters. The number of nitrogens with zero attached hydrogens (tertiary/aromatic N) is 3.